The summed E-state index contributed by atoms with van der Waals surface area (Å²) in [6.07, 6.45) is 2.33. The molecule has 1 aromatic rings. The predicted octanol–water partition coefficient (Wildman–Crippen LogP) is 2.19. The Labute approximate surface area is 132 Å². The highest BCUT2D eigenvalue weighted by Crippen LogP contribution is 2.30. The van der Waals surface area contributed by atoms with Gasteiger partial charge < -0.3 is 14.8 Å². The molecule has 1 aromatic carbocycles. The monoisotopic (exact) mass is 306 g/mol. The van der Waals surface area contributed by atoms with Gasteiger partial charge in [-0.1, -0.05) is 12.1 Å². The average molecular weight is 306 g/mol. The molecule has 1 N–H and O–H groups in total. The van der Waals surface area contributed by atoms with Gasteiger partial charge >= 0.3 is 0 Å². The molecule has 0 radical (unpaired) electrons. The molecule has 1 amide bonds. The standard InChI is InChI=1S/C17H26N2O3/c1-17(2,19-10-5-6-11-19)16(20)18-12-13-8-7-9-14(21-3)15(13)22-4/h7-9H,5-6,10-12H2,1-4H3,(H,18,20). The minimum absolute atomic E-state index is 0.0410. The summed E-state index contributed by atoms with van der Waals surface area (Å²) in [5.41, 5.74) is 0.426. The summed E-state index contributed by atoms with van der Waals surface area (Å²) >= 11 is 0. The molecule has 0 spiro atoms. The van der Waals surface area contributed by atoms with Crippen LogP contribution >= 0.6 is 0 Å². The van der Waals surface area contributed by atoms with Crippen LogP contribution in [0, 0.1) is 0 Å². The number of carbonyl (C=O) groups is 1. The van der Waals surface area contributed by atoms with Crippen molar-refractivity contribution in [2.75, 3.05) is 27.3 Å². The molecule has 0 aromatic heterocycles. The van der Waals surface area contributed by atoms with Crippen LogP contribution in [0.15, 0.2) is 18.2 Å². The lowest BCUT2D eigenvalue weighted by Crippen LogP contribution is -2.53. The first-order valence-corrected chi connectivity index (χ1v) is 7.74. The maximum Gasteiger partial charge on any atom is 0.240 e. The molecule has 5 nitrogen and oxygen atoms in total. The molecule has 1 fully saturated rings. The molecule has 122 valence electrons. The molecule has 1 aliphatic heterocycles. The van der Waals surface area contributed by atoms with E-state index in [0.29, 0.717) is 18.0 Å². The quantitative estimate of drug-likeness (QED) is 0.875. The van der Waals surface area contributed by atoms with Crippen molar-refractivity contribution in [1.82, 2.24) is 10.2 Å². The maximum absolute atomic E-state index is 12.6. The highest BCUT2D eigenvalue weighted by atomic mass is 16.5. The van der Waals surface area contributed by atoms with E-state index in [0.717, 1.165) is 18.7 Å². The van der Waals surface area contributed by atoms with E-state index in [1.807, 2.05) is 32.0 Å². The number of para-hydroxylation sites is 1. The first-order valence-electron chi connectivity index (χ1n) is 7.74. The van der Waals surface area contributed by atoms with Crippen LogP contribution in [0.4, 0.5) is 0 Å². The number of likely N-dealkylation sites (tertiary alicyclic amines) is 1. The summed E-state index contributed by atoms with van der Waals surface area (Å²) < 4.78 is 10.7. The maximum atomic E-state index is 12.6. The summed E-state index contributed by atoms with van der Waals surface area (Å²) in [5, 5.41) is 3.03. The van der Waals surface area contributed by atoms with Gasteiger partial charge in [-0.2, -0.15) is 0 Å². The van der Waals surface area contributed by atoms with Gasteiger partial charge in [0.2, 0.25) is 5.91 Å². The van der Waals surface area contributed by atoms with Crippen molar-refractivity contribution in [1.29, 1.82) is 0 Å². The number of hydrogen-bond donors (Lipinski definition) is 1. The van der Waals surface area contributed by atoms with E-state index >= 15 is 0 Å². The van der Waals surface area contributed by atoms with E-state index in [1.165, 1.54) is 12.8 Å². The fraction of sp³-hybridized carbons (Fsp3) is 0.588. The van der Waals surface area contributed by atoms with E-state index in [1.54, 1.807) is 14.2 Å². The van der Waals surface area contributed by atoms with E-state index in [4.69, 9.17) is 9.47 Å². The normalized spacial score (nSPS) is 15.6. The van der Waals surface area contributed by atoms with E-state index < -0.39 is 5.54 Å². The minimum Gasteiger partial charge on any atom is -0.493 e. The molecule has 1 aliphatic rings. The average Bonchev–Trinajstić information content (AvgIpc) is 3.06. The van der Waals surface area contributed by atoms with Crippen LogP contribution < -0.4 is 14.8 Å². The molecule has 0 atom stereocenters. The van der Waals surface area contributed by atoms with Gasteiger partial charge in [-0.05, 0) is 45.8 Å². The fourth-order valence-corrected chi connectivity index (χ4v) is 2.90. The minimum atomic E-state index is -0.484. The molecule has 5 heteroatoms. The van der Waals surface area contributed by atoms with Gasteiger partial charge in [-0.15, -0.1) is 0 Å². The largest absolute Gasteiger partial charge is 0.493 e. The number of nitrogens with one attached hydrogen (secondary N) is 1. The van der Waals surface area contributed by atoms with Gasteiger partial charge in [0.1, 0.15) is 0 Å². The highest BCUT2D eigenvalue weighted by Gasteiger charge is 2.35. The molecule has 0 aliphatic carbocycles. The fourth-order valence-electron chi connectivity index (χ4n) is 2.90. The van der Waals surface area contributed by atoms with Gasteiger partial charge in [0, 0.05) is 12.1 Å². The second-order valence-electron chi connectivity index (χ2n) is 6.09. The molecule has 0 unspecified atom stereocenters. The third-order valence-electron chi connectivity index (χ3n) is 4.38. The first-order chi connectivity index (χ1) is 10.5. The van der Waals surface area contributed by atoms with Crippen LogP contribution in [-0.2, 0) is 11.3 Å². The zero-order valence-electron chi connectivity index (χ0n) is 13.9. The Hall–Kier alpha value is -1.75. The van der Waals surface area contributed by atoms with Crippen LogP contribution in [0.2, 0.25) is 0 Å². The molecule has 1 saturated heterocycles. The van der Waals surface area contributed by atoms with Crippen molar-refractivity contribution < 1.29 is 14.3 Å². The summed E-state index contributed by atoms with van der Waals surface area (Å²) in [6.45, 7) is 6.37. The molecular weight excluding hydrogens is 280 g/mol. The molecule has 0 bridgehead atoms. The van der Waals surface area contributed by atoms with Crippen LogP contribution in [0.25, 0.3) is 0 Å². The summed E-state index contributed by atoms with van der Waals surface area (Å²) in [6, 6.07) is 5.68. The third kappa shape index (κ3) is 3.35. The number of benzene rings is 1. The van der Waals surface area contributed by atoms with E-state index in [2.05, 4.69) is 10.2 Å². The highest BCUT2D eigenvalue weighted by molar-refractivity contribution is 5.85. The van der Waals surface area contributed by atoms with Crippen LogP contribution in [0.5, 0.6) is 11.5 Å². The summed E-state index contributed by atoms with van der Waals surface area (Å²) in [5.74, 6) is 1.39. The number of methoxy groups -OCH3 is 2. The molecule has 1 heterocycles. The number of amides is 1. The van der Waals surface area contributed by atoms with Crippen molar-refractivity contribution in [2.24, 2.45) is 0 Å². The zero-order chi connectivity index (χ0) is 16.2. The number of ether oxygens (including phenoxy) is 2. The van der Waals surface area contributed by atoms with Crippen molar-refractivity contribution in [2.45, 2.75) is 38.8 Å². The van der Waals surface area contributed by atoms with Gasteiger partial charge in [0.05, 0.1) is 19.8 Å². The molecule has 0 saturated carbocycles. The smallest absolute Gasteiger partial charge is 0.240 e. The Kier molecular flexibility index (Phi) is 5.29. The number of rotatable bonds is 6. The SMILES string of the molecule is COc1cccc(CNC(=O)C(C)(C)N2CCCC2)c1OC. The van der Waals surface area contributed by atoms with E-state index in [9.17, 15) is 4.79 Å². The molecule has 2 rings (SSSR count). The topological polar surface area (TPSA) is 50.8 Å². The molecular formula is C17H26N2O3. The lowest BCUT2D eigenvalue weighted by atomic mass is 10.0. The Bertz CT molecular complexity index is 523. The Balaban J connectivity index is 2.05. The Morgan fingerprint density at radius 3 is 2.50 bits per heavy atom. The van der Waals surface area contributed by atoms with E-state index in [-0.39, 0.29) is 5.91 Å². The molecule has 22 heavy (non-hydrogen) atoms. The summed E-state index contributed by atoms with van der Waals surface area (Å²) in [7, 11) is 3.22. The summed E-state index contributed by atoms with van der Waals surface area (Å²) in [4.78, 5) is 14.8. The first kappa shape index (κ1) is 16.6. The van der Waals surface area contributed by atoms with Crippen LogP contribution in [-0.4, -0.2) is 43.7 Å². The second-order valence-corrected chi connectivity index (χ2v) is 6.09. The van der Waals surface area contributed by atoms with Gasteiger partial charge in [-0.3, -0.25) is 9.69 Å². The lowest BCUT2D eigenvalue weighted by Gasteiger charge is -2.33. The third-order valence-corrected chi connectivity index (χ3v) is 4.38. The van der Waals surface area contributed by atoms with Crippen molar-refractivity contribution in [3.63, 3.8) is 0 Å². The number of hydrogen-bond acceptors (Lipinski definition) is 4. The zero-order valence-corrected chi connectivity index (χ0v) is 13.9. The van der Waals surface area contributed by atoms with Crippen LogP contribution in [0.3, 0.4) is 0 Å². The Morgan fingerprint density at radius 2 is 1.91 bits per heavy atom. The number of carbonyl (C=O) groups excluding carboxylic acids is 1. The van der Waals surface area contributed by atoms with Gasteiger partial charge in [-0.25, -0.2) is 0 Å². The predicted molar refractivity (Wildman–Crippen MR) is 86.3 cm³/mol. The van der Waals surface area contributed by atoms with Gasteiger partial charge in [0.15, 0.2) is 11.5 Å². The van der Waals surface area contributed by atoms with Crippen molar-refractivity contribution >= 4 is 5.91 Å². The Morgan fingerprint density at radius 1 is 1.23 bits per heavy atom. The lowest BCUT2D eigenvalue weighted by molar-refractivity contribution is -0.131. The van der Waals surface area contributed by atoms with Crippen molar-refractivity contribution in [3.05, 3.63) is 23.8 Å². The van der Waals surface area contributed by atoms with Crippen molar-refractivity contribution in [3.8, 4) is 11.5 Å². The van der Waals surface area contributed by atoms with Crippen LogP contribution in [0.1, 0.15) is 32.3 Å². The number of nitrogens with zero attached hydrogens (tertiary/aromatic N) is 1. The second kappa shape index (κ2) is 7.01. The van der Waals surface area contributed by atoms with Gasteiger partial charge in [0.25, 0.3) is 0 Å².